The lowest BCUT2D eigenvalue weighted by Gasteiger charge is -2.35. The summed E-state index contributed by atoms with van der Waals surface area (Å²) in [4.78, 5) is 0. The highest BCUT2D eigenvalue weighted by atomic mass is 32.1. The molecule has 0 aliphatic carbocycles. The number of rotatable bonds is 6. The Hall–Kier alpha value is 0.270. The van der Waals surface area contributed by atoms with Crippen LogP contribution >= 0.6 is 12.6 Å². The van der Waals surface area contributed by atoms with Crippen molar-refractivity contribution in [2.24, 2.45) is 5.41 Å². The van der Waals surface area contributed by atoms with E-state index in [1.54, 1.807) is 0 Å². The van der Waals surface area contributed by atoms with Gasteiger partial charge in [0.2, 0.25) is 0 Å². The van der Waals surface area contributed by atoms with Crippen molar-refractivity contribution >= 4 is 12.6 Å². The first kappa shape index (κ1) is 12.3. The van der Waals surface area contributed by atoms with Crippen molar-refractivity contribution in [3.63, 3.8) is 0 Å². The van der Waals surface area contributed by atoms with Gasteiger partial charge in [-0.05, 0) is 25.0 Å². The third-order valence-corrected chi connectivity index (χ3v) is 3.61. The fraction of sp³-hybridized carbons (Fsp3) is 1.00. The summed E-state index contributed by atoms with van der Waals surface area (Å²) in [7, 11) is 0. The highest BCUT2D eigenvalue weighted by molar-refractivity contribution is 7.80. The molecule has 0 aromatic heterocycles. The van der Waals surface area contributed by atoms with Gasteiger partial charge >= 0.3 is 0 Å². The molecule has 0 aromatic rings. The average Bonchev–Trinajstić information content (AvgIpc) is 2.26. The van der Waals surface area contributed by atoms with Gasteiger partial charge in [-0.15, -0.1) is 0 Å². The Kier molecular flexibility index (Phi) is 5.90. The highest BCUT2D eigenvalue weighted by Crippen LogP contribution is 2.31. The minimum atomic E-state index is 0.287. The first-order chi connectivity index (χ1) is 6.83. The maximum Gasteiger partial charge on any atom is 0.0531 e. The molecule has 1 rings (SSSR count). The minimum absolute atomic E-state index is 0.287. The van der Waals surface area contributed by atoms with Gasteiger partial charge in [0.15, 0.2) is 0 Å². The molecule has 2 nitrogen and oxygen atoms in total. The Labute approximate surface area is 92.8 Å². The minimum Gasteiger partial charge on any atom is -0.381 e. The fourth-order valence-corrected chi connectivity index (χ4v) is 2.10. The molecule has 0 aromatic carbocycles. The van der Waals surface area contributed by atoms with E-state index in [2.05, 4.69) is 19.6 Å². The number of unbranched alkanes of at least 4 members (excludes halogenated alkanes) is 1. The third kappa shape index (κ3) is 3.79. The molecule has 0 atom stereocenters. The lowest BCUT2D eigenvalue weighted by molar-refractivity contribution is -0.0274. The van der Waals surface area contributed by atoms with Crippen LogP contribution in [0.5, 0.6) is 0 Å². The van der Waals surface area contributed by atoms with Crippen LogP contribution in [0.15, 0.2) is 0 Å². The summed E-state index contributed by atoms with van der Waals surface area (Å²) in [5.74, 6) is 0.919. The van der Waals surface area contributed by atoms with Crippen LogP contribution in [-0.4, -0.2) is 32.2 Å². The van der Waals surface area contributed by atoms with Crippen LogP contribution in [0, 0.1) is 5.41 Å². The molecule has 1 aliphatic rings. The van der Waals surface area contributed by atoms with Crippen LogP contribution in [-0.2, 0) is 9.47 Å². The Bertz CT molecular complexity index is 144. The maximum atomic E-state index is 5.70. The Morgan fingerprint density at radius 2 is 2.07 bits per heavy atom. The van der Waals surface area contributed by atoms with Gasteiger partial charge in [-0.1, -0.05) is 13.3 Å². The largest absolute Gasteiger partial charge is 0.381 e. The van der Waals surface area contributed by atoms with Crippen molar-refractivity contribution in [1.82, 2.24) is 0 Å². The van der Waals surface area contributed by atoms with Gasteiger partial charge in [0.25, 0.3) is 0 Å². The maximum absolute atomic E-state index is 5.70. The normalized spacial score (nSPS) is 21.0. The van der Waals surface area contributed by atoms with Crippen molar-refractivity contribution < 1.29 is 9.47 Å². The smallest absolute Gasteiger partial charge is 0.0531 e. The van der Waals surface area contributed by atoms with E-state index in [4.69, 9.17) is 9.47 Å². The molecule has 0 bridgehead atoms. The molecule has 0 saturated carbocycles. The molecule has 0 amide bonds. The van der Waals surface area contributed by atoms with Gasteiger partial charge < -0.3 is 9.47 Å². The lowest BCUT2D eigenvalue weighted by Crippen LogP contribution is -2.35. The van der Waals surface area contributed by atoms with E-state index in [0.29, 0.717) is 0 Å². The molecule has 1 aliphatic heterocycles. The van der Waals surface area contributed by atoms with E-state index in [0.717, 1.165) is 45.0 Å². The van der Waals surface area contributed by atoms with E-state index in [9.17, 15) is 0 Å². The van der Waals surface area contributed by atoms with E-state index < -0.39 is 0 Å². The SMILES string of the molecule is CCCCOCC1(CS)CCOCC1. The molecular formula is C11H22O2S. The molecule has 14 heavy (non-hydrogen) atoms. The van der Waals surface area contributed by atoms with Crippen LogP contribution in [0.25, 0.3) is 0 Å². The second-order valence-corrected chi connectivity index (χ2v) is 4.49. The van der Waals surface area contributed by atoms with Gasteiger partial charge in [0.05, 0.1) is 6.61 Å². The Morgan fingerprint density at radius 3 is 2.64 bits per heavy atom. The Morgan fingerprint density at radius 1 is 1.36 bits per heavy atom. The predicted molar refractivity (Wildman–Crippen MR) is 62.1 cm³/mol. The molecule has 0 unspecified atom stereocenters. The Balaban J connectivity index is 2.22. The van der Waals surface area contributed by atoms with Crippen LogP contribution < -0.4 is 0 Å². The summed E-state index contributed by atoms with van der Waals surface area (Å²) in [5.41, 5.74) is 0.287. The van der Waals surface area contributed by atoms with Crippen molar-refractivity contribution in [2.45, 2.75) is 32.6 Å². The molecule has 1 fully saturated rings. The number of hydrogen-bond donors (Lipinski definition) is 1. The quantitative estimate of drug-likeness (QED) is 0.545. The second-order valence-electron chi connectivity index (χ2n) is 4.18. The fourth-order valence-electron chi connectivity index (χ4n) is 1.69. The van der Waals surface area contributed by atoms with Crippen molar-refractivity contribution in [3.8, 4) is 0 Å². The van der Waals surface area contributed by atoms with Gasteiger partial charge in [-0.3, -0.25) is 0 Å². The summed E-state index contributed by atoms with van der Waals surface area (Å²) < 4.78 is 11.1. The number of ether oxygens (including phenoxy) is 2. The monoisotopic (exact) mass is 218 g/mol. The van der Waals surface area contributed by atoms with Crippen molar-refractivity contribution in [2.75, 3.05) is 32.2 Å². The summed E-state index contributed by atoms with van der Waals surface area (Å²) in [6.45, 7) is 5.69. The van der Waals surface area contributed by atoms with Gasteiger partial charge in [0, 0.05) is 25.2 Å². The molecule has 3 heteroatoms. The summed E-state index contributed by atoms with van der Waals surface area (Å²) in [6.07, 6.45) is 4.57. The summed E-state index contributed by atoms with van der Waals surface area (Å²) in [5, 5.41) is 0. The zero-order valence-electron chi connectivity index (χ0n) is 9.13. The standard InChI is InChI=1S/C11H22O2S/c1-2-3-6-13-9-11(10-14)4-7-12-8-5-11/h14H,2-10H2,1H3. The lowest BCUT2D eigenvalue weighted by atomic mass is 9.83. The number of thiol groups is 1. The average molecular weight is 218 g/mol. The highest BCUT2D eigenvalue weighted by Gasteiger charge is 2.31. The zero-order chi connectivity index (χ0) is 10.3. The van der Waals surface area contributed by atoms with E-state index in [-0.39, 0.29) is 5.41 Å². The van der Waals surface area contributed by atoms with E-state index >= 15 is 0 Å². The molecule has 0 radical (unpaired) electrons. The van der Waals surface area contributed by atoms with Gasteiger partial charge in [0.1, 0.15) is 0 Å². The van der Waals surface area contributed by atoms with E-state index in [1.807, 2.05) is 0 Å². The third-order valence-electron chi connectivity index (χ3n) is 2.94. The predicted octanol–water partition coefficient (Wildman–Crippen LogP) is 2.53. The molecule has 0 spiro atoms. The van der Waals surface area contributed by atoms with Gasteiger partial charge in [-0.2, -0.15) is 12.6 Å². The summed E-state index contributed by atoms with van der Waals surface area (Å²) in [6, 6.07) is 0. The van der Waals surface area contributed by atoms with Crippen molar-refractivity contribution in [1.29, 1.82) is 0 Å². The van der Waals surface area contributed by atoms with Crippen LogP contribution in [0.2, 0.25) is 0 Å². The second kappa shape index (κ2) is 6.70. The topological polar surface area (TPSA) is 18.5 Å². The summed E-state index contributed by atoms with van der Waals surface area (Å²) >= 11 is 4.44. The zero-order valence-corrected chi connectivity index (χ0v) is 10.0. The van der Waals surface area contributed by atoms with Crippen LogP contribution in [0.4, 0.5) is 0 Å². The van der Waals surface area contributed by atoms with Crippen LogP contribution in [0.3, 0.4) is 0 Å². The molecule has 1 saturated heterocycles. The van der Waals surface area contributed by atoms with Crippen molar-refractivity contribution in [3.05, 3.63) is 0 Å². The molecular weight excluding hydrogens is 196 g/mol. The molecule has 1 heterocycles. The first-order valence-corrected chi connectivity index (χ1v) is 6.22. The van der Waals surface area contributed by atoms with Crippen LogP contribution in [0.1, 0.15) is 32.6 Å². The molecule has 0 N–H and O–H groups in total. The van der Waals surface area contributed by atoms with E-state index in [1.165, 1.54) is 12.8 Å². The molecule has 84 valence electrons. The van der Waals surface area contributed by atoms with Gasteiger partial charge in [-0.25, -0.2) is 0 Å². The number of hydrogen-bond acceptors (Lipinski definition) is 3. The first-order valence-electron chi connectivity index (χ1n) is 5.59.